The SMILES string of the molecule is Nc1[nH]c(-c2ccccc2)nc1S. The number of nitrogens with one attached hydrogen (secondary N) is 1. The van der Waals surface area contributed by atoms with Gasteiger partial charge in [0.25, 0.3) is 0 Å². The molecule has 0 amide bonds. The molecule has 0 aliphatic heterocycles. The summed E-state index contributed by atoms with van der Waals surface area (Å²) in [5.74, 6) is 1.25. The molecule has 1 aromatic carbocycles. The molecule has 0 saturated heterocycles. The molecule has 66 valence electrons. The fraction of sp³-hybridized carbons (Fsp3) is 0. The summed E-state index contributed by atoms with van der Waals surface area (Å²) in [7, 11) is 0. The Bertz CT molecular complexity index is 389. The van der Waals surface area contributed by atoms with Crippen LogP contribution in [0.5, 0.6) is 0 Å². The zero-order valence-electron chi connectivity index (χ0n) is 6.86. The van der Waals surface area contributed by atoms with Gasteiger partial charge in [-0.25, -0.2) is 4.98 Å². The second-order valence-electron chi connectivity index (χ2n) is 2.69. The number of H-pyrrole nitrogens is 1. The van der Waals surface area contributed by atoms with Gasteiger partial charge in [-0.15, -0.1) is 12.6 Å². The number of aromatic amines is 1. The molecule has 0 atom stereocenters. The van der Waals surface area contributed by atoms with Gasteiger partial charge in [-0.1, -0.05) is 30.3 Å². The molecule has 0 radical (unpaired) electrons. The van der Waals surface area contributed by atoms with Gasteiger partial charge in [0.2, 0.25) is 0 Å². The number of imidazole rings is 1. The lowest BCUT2D eigenvalue weighted by atomic mass is 10.2. The van der Waals surface area contributed by atoms with Crippen LogP contribution in [0.2, 0.25) is 0 Å². The van der Waals surface area contributed by atoms with Crippen LogP contribution in [-0.4, -0.2) is 9.97 Å². The number of nitrogens with zero attached hydrogens (tertiary/aromatic N) is 1. The third kappa shape index (κ3) is 1.53. The summed E-state index contributed by atoms with van der Waals surface area (Å²) in [5, 5.41) is 0.541. The van der Waals surface area contributed by atoms with E-state index in [2.05, 4.69) is 22.6 Å². The molecule has 0 unspecified atom stereocenters. The Balaban J connectivity index is 2.48. The van der Waals surface area contributed by atoms with E-state index in [1.54, 1.807) is 0 Å². The van der Waals surface area contributed by atoms with E-state index in [1.807, 2.05) is 30.3 Å². The van der Waals surface area contributed by atoms with Crippen molar-refractivity contribution in [3.05, 3.63) is 30.3 Å². The summed E-state index contributed by atoms with van der Waals surface area (Å²) in [6, 6.07) is 9.78. The van der Waals surface area contributed by atoms with Gasteiger partial charge < -0.3 is 10.7 Å². The Morgan fingerprint density at radius 1 is 1.23 bits per heavy atom. The van der Waals surface area contributed by atoms with Crippen LogP contribution >= 0.6 is 12.6 Å². The summed E-state index contributed by atoms with van der Waals surface area (Å²) in [5.41, 5.74) is 6.59. The van der Waals surface area contributed by atoms with E-state index in [9.17, 15) is 0 Å². The number of nitrogen functional groups attached to an aromatic ring is 1. The van der Waals surface area contributed by atoms with Crippen molar-refractivity contribution in [3.8, 4) is 11.4 Å². The van der Waals surface area contributed by atoms with Crippen LogP contribution in [0.15, 0.2) is 35.4 Å². The zero-order chi connectivity index (χ0) is 9.26. The lowest BCUT2D eigenvalue weighted by molar-refractivity contribution is 1.22. The van der Waals surface area contributed by atoms with Crippen molar-refractivity contribution in [2.45, 2.75) is 5.03 Å². The molecular weight excluding hydrogens is 182 g/mol. The number of hydrogen-bond donors (Lipinski definition) is 3. The average molecular weight is 191 g/mol. The number of aromatic nitrogens is 2. The van der Waals surface area contributed by atoms with Gasteiger partial charge in [0.15, 0.2) is 0 Å². The number of nitrogens with two attached hydrogens (primary N) is 1. The lowest BCUT2D eigenvalue weighted by Gasteiger charge is -1.93. The number of anilines is 1. The Morgan fingerprint density at radius 2 is 1.92 bits per heavy atom. The molecule has 1 heterocycles. The van der Waals surface area contributed by atoms with Crippen molar-refractivity contribution in [2.24, 2.45) is 0 Å². The van der Waals surface area contributed by atoms with Crippen molar-refractivity contribution < 1.29 is 0 Å². The maximum Gasteiger partial charge on any atom is 0.140 e. The molecule has 0 bridgehead atoms. The molecule has 13 heavy (non-hydrogen) atoms. The topological polar surface area (TPSA) is 54.7 Å². The molecule has 2 rings (SSSR count). The summed E-state index contributed by atoms with van der Waals surface area (Å²) in [4.78, 5) is 7.11. The summed E-state index contributed by atoms with van der Waals surface area (Å²) in [6.45, 7) is 0. The van der Waals surface area contributed by atoms with Crippen molar-refractivity contribution in [2.75, 3.05) is 5.73 Å². The van der Waals surface area contributed by atoms with Crippen molar-refractivity contribution >= 4 is 18.4 Å². The lowest BCUT2D eigenvalue weighted by Crippen LogP contribution is -1.84. The van der Waals surface area contributed by atoms with E-state index >= 15 is 0 Å². The van der Waals surface area contributed by atoms with Crippen molar-refractivity contribution in [1.82, 2.24) is 9.97 Å². The standard InChI is InChI=1S/C9H9N3S/c10-7-9(13)12-8(11-7)6-4-2-1-3-5-6/h1-5,13H,10H2,(H,11,12). The Labute approximate surface area is 81.4 Å². The number of benzene rings is 1. The molecule has 0 fully saturated rings. The Morgan fingerprint density at radius 3 is 2.46 bits per heavy atom. The van der Waals surface area contributed by atoms with E-state index in [1.165, 1.54) is 0 Å². The summed E-state index contributed by atoms with van der Waals surface area (Å²) in [6.07, 6.45) is 0. The monoisotopic (exact) mass is 191 g/mol. The highest BCUT2D eigenvalue weighted by Gasteiger charge is 2.04. The third-order valence-corrected chi connectivity index (χ3v) is 2.10. The van der Waals surface area contributed by atoms with E-state index in [4.69, 9.17) is 5.73 Å². The predicted molar refractivity (Wildman–Crippen MR) is 55.7 cm³/mol. The van der Waals surface area contributed by atoms with Gasteiger partial charge in [-0.05, 0) is 0 Å². The first kappa shape index (κ1) is 8.19. The van der Waals surface area contributed by atoms with Crippen LogP contribution in [0.25, 0.3) is 11.4 Å². The van der Waals surface area contributed by atoms with Crippen LogP contribution in [0, 0.1) is 0 Å². The summed E-state index contributed by atoms with van der Waals surface area (Å²) < 4.78 is 0. The molecule has 4 heteroatoms. The first-order valence-corrected chi connectivity index (χ1v) is 4.32. The fourth-order valence-electron chi connectivity index (χ4n) is 1.11. The highest BCUT2D eigenvalue weighted by Crippen LogP contribution is 2.20. The van der Waals surface area contributed by atoms with Crippen molar-refractivity contribution in [3.63, 3.8) is 0 Å². The van der Waals surface area contributed by atoms with Gasteiger partial charge in [-0.3, -0.25) is 0 Å². The molecule has 0 spiro atoms. The minimum Gasteiger partial charge on any atom is -0.383 e. The van der Waals surface area contributed by atoms with Gasteiger partial charge >= 0.3 is 0 Å². The molecule has 3 N–H and O–H groups in total. The quantitative estimate of drug-likeness (QED) is 0.603. The Hall–Kier alpha value is -1.42. The first-order chi connectivity index (χ1) is 6.27. The second-order valence-corrected chi connectivity index (χ2v) is 3.11. The smallest absolute Gasteiger partial charge is 0.140 e. The van der Waals surface area contributed by atoms with E-state index in [-0.39, 0.29) is 0 Å². The van der Waals surface area contributed by atoms with Crippen LogP contribution in [0.1, 0.15) is 0 Å². The van der Waals surface area contributed by atoms with Gasteiger partial charge in [-0.2, -0.15) is 0 Å². The van der Waals surface area contributed by atoms with Crippen LogP contribution in [0.4, 0.5) is 5.82 Å². The minimum absolute atomic E-state index is 0.502. The maximum atomic E-state index is 5.58. The summed E-state index contributed by atoms with van der Waals surface area (Å²) >= 11 is 4.10. The Kier molecular flexibility index (Phi) is 1.98. The fourth-order valence-corrected chi connectivity index (χ4v) is 1.27. The number of rotatable bonds is 1. The molecule has 0 aliphatic carbocycles. The normalized spacial score (nSPS) is 10.2. The van der Waals surface area contributed by atoms with E-state index in [0.717, 1.165) is 11.4 Å². The van der Waals surface area contributed by atoms with Crippen LogP contribution < -0.4 is 5.73 Å². The van der Waals surface area contributed by atoms with Crippen LogP contribution in [0.3, 0.4) is 0 Å². The molecule has 3 nitrogen and oxygen atoms in total. The highest BCUT2D eigenvalue weighted by atomic mass is 32.1. The number of thiol groups is 1. The highest BCUT2D eigenvalue weighted by molar-refractivity contribution is 7.80. The molecule has 2 aromatic rings. The molecule has 1 aromatic heterocycles. The molecule has 0 aliphatic rings. The minimum atomic E-state index is 0.502. The first-order valence-electron chi connectivity index (χ1n) is 3.87. The number of hydrogen-bond acceptors (Lipinski definition) is 3. The van der Waals surface area contributed by atoms with Gasteiger partial charge in [0.1, 0.15) is 16.7 Å². The average Bonchev–Trinajstić information content (AvgIpc) is 2.49. The van der Waals surface area contributed by atoms with E-state index in [0.29, 0.717) is 10.8 Å². The van der Waals surface area contributed by atoms with Gasteiger partial charge in [0.05, 0.1) is 0 Å². The van der Waals surface area contributed by atoms with Gasteiger partial charge in [0, 0.05) is 5.56 Å². The third-order valence-electron chi connectivity index (χ3n) is 1.76. The largest absolute Gasteiger partial charge is 0.383 e. The molecule has 0 saturated carbocycles. The van der Waals surface area contributed by atoms with E-state index < -0.39 is 0 Å². The molecular formula is C9H9N3S. The maximum absolute atomic E-state index is 5.58. The zero-order valence-corrected chi connectivity index (χ0v) is 7.75. The second kappa shape index (κ2) is 3.14. The van der Waals surface area contributed by atoms with Crippen molar-refractivity contribution in [1.29, 1.82) is 0 Å². The van der Waals surface area contributed by atoms with Crippen LogP contribution in [-0.2, 0) is 0 Å². The predicted octanol–water partition coefficient (Wildman–Crippen LogP) is 1.95.